The molecular formula is C14H18N2O3. The van der Waals surface area contributed by atoms with Gasteiger partial charge in [0.05, 0.1) is 6.61 Å². The molecule has 0 unspecified atom stereocenters. The fraction of sp³-hybridized carbons (Fsp3) is 0.357. The van der Waals surface area contributed by atoms with E-state index in [1.165, 1.54) is 0 Å². The summed E-state index contributed by atoms with van der Waals surface area (Å²) >= 11 is 0. The lowest BCUT2D eigenvalue weighted by atomic mass is 10.1. The summed E-state index contributed by atoms with van der Waals surface area (Å²) in [5, 5.41) is 18.9. The number of aromatic amines is 1. The van der Waals surface area contributed by atoms with Crippen molar-refractivity contribution in [1.82, 2.24) is 9.88 Å². The minimum atomic E-state index is -0.126. The second kappa shape index (κ2) is 6.36. The largest absolute Gasteiger partial charge is 0.396 e. The van der Waals surface area contributed by atoms with Crippen LogP contribution in [0.15, 0.2) is 30.5 Å². The average molecular weight is 262 g/mol. The number of aliphatic hydroxyl groups is 2. The monoisotopic (exact) mass is 262 g/mol. The van der Waals surface area contributed by atoms with Crippen LogP contribution in [0.1, 0.15) is 16.8 Å². The molecule has 3 N–H and O–H groups in total. The molecular weight excluding hydrogens is 244 g/mol. The van der Waals surface area contributed by atoms with Gasteiger partial charge in [-0.25, -0.2) is 0 Å². The smallest absolute Gasteiger partial charge is 0.254 e. The molecule has 2 aromatic rings. The molecule has 0 aliphatic heterocycles. The summed E-state index contributed by atoms with van der Waals surface area (Å²) in [5.41, 5.74) is 1.50. The lowest BCUT2D eigenvalue weighted by Crippen LogP contribution is -2.34. The van der Waals surface area contributed by atoms with Crippen LogP contribution in [0, 0.1) is 0 Å². The van der Waals surface area contributed by atoms with Gasteiger partial charge in [-0.15, -0.1) is 0 Å². The maximum atomic E-state index is 12.3. The Morgan fingerprint density at radius 2 is 2.00 bits per heavy atom. The molecule has 0 saturated carbocycles. The number of amides is 1. The number of carbonyl (C=O) groups excluding carboxylic acids is 1. The standard InChI is InChI=1S/C14H18N2O3/c17-8-1-6-16(7-9-18)14(19)12-3-2-11-4-5-15-13(11)10-12/h2-5,10,15,17-18H,1,6-9H2. The van der Waals surface area contributed by atoms with E-state index in [0.29, 0.717) is 18.5 Å². The number of nitrogens with one attached hydrogen (secondary N) is 1. The fourth-order valence-corrected chi connectivity index (χ4v) is 2.06. The first-order valence-electron chi connectivity index (χ1n) is 6.34. The number of rotatable bonds is 6. The Hall–Kier alpha value is -1.85. The molecule has 1 aromatic carbocycles. The lowest BCUT2D eigenvalue weighted by Gasteiger charge is -2.21. The summed E-state index contributed by atoms with van der Waals surface area (Å²) in [6, 6.07) is 7.42. The molecule has 0 saturated heterocycles. The van der Waals surface area contributed by atoms with Crippen molar-refractivity contribution >= 4 is 16.8 Å². The van der Waals surface area contributed by atoms with Gasteiger partial charge < -0.3 is 20.1 Å². The molecule has 0 fully saturated rings. The number of hydrogen-bond donors (Lipinski definition) is 3. The van der Waals surface area contributed by atoms with Crippen LogP contribution in [0.25, 0.3) is 10.9 Å². The van der Waals surface area contributed by atoms with Gasteiger partial charge in [0.2, 0.25) is 0 Å². The molecule has 1 amide bonds. The van der Waals surface area contributed by atoms with Crippen LogP contribution in [-0.2, 0) is 0 Å². The fourth-order valence-electron chi connectivity index (χ4n) is 2.06. The van der Waals surface area contributed by atoms with Crippen LogP contribution in [0.5, 0.6) is 0 Å². The Morgan fingerprint density at radius 1 is 1.16 bits per heavy atom. The second-order valence-corrected chi connectivity index (χ2v) is 4.37. The van der Waals surface area contributed by atoms with E-state index in [0.717, 1.165) is 10.9 Å². The van der Waals surface area contributed by atoms with Crippen LogP contribution in [0.3, 0.4) is 0 Å². The van der Waals surface area contributed by atoms with E-state index in [1.807, 2.05) is 18.3 Å². The van der Waals surface area contributed by atoms with Gasteiger partial charge in [-0.2, -0.15) is 0 Å². The van der Waals surface area contributed by atoms with E-state index in [-0.39, 0.29) is 25.7 Å². The molecule has 0 spiro atoms. The van der Waals surface area contributed by atoms with Crippen LogP contribution in [0.4, 0.5) is 0 Å². The predicted molar refractivity (Wildman–Crippen MR) is 73.0 cm³/mol. The molecule has 0 radical (unpaired) electrons. The van der Waals surface area contributed by atoms with E-state index in [9.17, 15) is 4.79 Å². The van der Waals surface area contributed by atoms with Crippen molar-refractivity contribution in [1.29, 1.82) is 0 Å². The Labute approximate surface area is 111 Å². The predicted octanol–water partition coefficient (Wildman–Crippen LogP) is 0.985. The quantitative estimate of drug-likeness (QED) is 0.726. The highest BCUT2D eigenvalue weighted by Crippen LogP contribution is 2.15. The summed E-state index contributed by atoms with van der Waals surface area (Å²) in [4.78, 5) is 17.0. The Balaban J connectivity index is 2.19. The van der Waals surface area contributed by atoms with E-state index in [4.69, 9.17) is 10.2 Å². The zero-order valence-electron chi connectivity index (χ0n) is 10.7. The third-order valence-corrected chi connectivity index (χ3v) is 3.05. The van der Waals surface area contributed by atoms with Gasteiger partial charge in [0.25, 0.3) is 5.91 Å². The van der Waals surface area contributed by atoms with E-state index < -0.39 is 0 Å². The van der Waals surface area contributed by atoms with Crippen LogP contribution >= 0.6 is 0 Å². The van der Waals surface area contributed by atoms with Crippen molar-refractivity contribution in [3.63, 3.8) is 0 Å². The topological polar surface area (TPSA) is 76.6 Å². The number of aliphatic hydroxyl groups excluding tert-OH is 2. The summed E-state index contributed by atoms with van der Waals surface area (Å²) < 4.78 is 0. The number of benzene rings is 1. The number of hydrogen-bond acceptors (Lipinski definition) is 3. The molecule has 1 aromatic heterocycles. The van der Waals surface area contributed by atoms with Crippen LogP contribution in [-0.4, -0.2) is 52.3 Å². The third-order valence-electron chi connectivity index (χ3n) is 3.05. The van der Waals surface area contributed by atoms with Gasteiger partial charge in [0.1, 0.15) is 0 Å². The SMILES string of the molecule is O=C(c1ccc2cc[nH]c2c1)N(CCO)CCCO. The normalized spacial score (nSPS) is 10.8. The highest BCUT2D eigenvalue weighted by molar-refractivity contribution is 5.97. The lowest BCUT2D eigenvalue weighted by molar-refractivity contribution is 0.0710. The highest BCUT2D eigenvalue weighted by Gasteiger charge is 2.15. The van der Waals surface area contributed by atoms with Gasteiger partial charge in [0.15, 0.2) is 0 Å². The number of H-pyrrole nitrogens is 1. The summed E-state index contributed by atoms with van der Waals surface area (Å²) in [6.45, 7) is 0.674. The number of fused-ring (bicyclic) bond motifs is 1. The van der Waals surface area contributed by atoms with Crippen molar-refractivity contribution in [2.75, 3.05) is 26.3 Å². The van der Waals surface area contributed by atoms with Crippen molar-refractivity contribution in [2.45, 2.75) is 6.42 Å². The van der Waals surface area contributed by atoms with Crippen LogP contribution in [0.2, 0.25) is 0 Å². The van der Waals surface area contributed by atoms with Gasteiger partial charge in [-0.3, -0.25) is 4.79 Å². The molecule has 0 aliphatic carbocycles. The van der Waals surface area contributed by atoms with Crippen molar-refractivity contribution in [3.8, 4) is 0 Å². The summed E-state index contributed by atoms with van der Waals surface area (Å²) in [5.74, 6) is -0.126. The third kappa shape index (κ3) is 3.13. The molecule has 5 nitrogen and oxygen atoms in total. The van der Waals surface area contributed by atoms with Gasteiger partial charge in [-0.05, 0) is 30.0 Å². The maximum absolute atomic E-state index is 12.3. The van der Waals surface area contributed by atoms with Gasteiger partial charge in [-0.1, -0.05) is 6.07 Å². The zero-order valence-corrected chi connectivity index (χ0v) is 10.7. The molecule has 19 heavy (non-hydrogen) atoms. The molecule has 0 bridgehead atoms. The average Bonchev–Trinajstić information content (AvgIpc) is 2.90. The Kier molecular flexibility index (Phi) is 4.54. The second-order valence-electron chi connectivity index (χ2n) is 4.37. The van der Waals surface area contributed by atoms with Crippen molar-refractivity contribution in [2.24, 2.45) is 0 Å². The number of carbonyl (C=O) groups is 1. The molecule has 5 heteroatoms. The number of nitrogens with zero attached hydrogens (tertiary/aromatic N) is 1. The zero-order chi connectivity index (χ0) is 13.7. The first kappa shape index (κ1) is 13.6. The molecule has 102 valence electrons. The molecule has 0 atom stereocenters. The van der Waals surface area contributed by atoms with Crippen LogP contribution < -0.4 is 0 Å². The summed E-state index contributed by atoms with van der Waals surface area (Å²) in [7, 11) is 0. The minimum Gasteiger partial charge on any atom is -0.396 e. The first-order chi connectivity index (χ1) is 9.26. The van der Waals surface area contributed by atoms with Gasteiger partial charge >= 0.3 is 0 Å². The van der Waals surface area contributed by atoms with Crippen molar-refractivity contribution in [3.05, 3.63) is 36.0 Å². The Bertz CT molecular complexity index is 550. The van der Waals surface area contributed by atoms with Crippen molar-refractivity contribution < 1.29 is 15.0 Å². The Morgan fingerprint density at radius 3 is 2.74 bits per heavy atom. The van der Waals surface area contributed by atoms with E-state index in [1.54, 1.807) is 17.0 Å². The summed E-state index contributed by atoms with van der Waals surface area (Å²) in [6.07, 6.45) is 2.34. The maximum Gasteiger partial charge on any atom is 0.254 e. The van der Waals surface area contributed by atoms with E-state index in [2.05, 4.69) is 4.98 Å². The molecule has 2 rings (SSSR count). The molecule has 0 aliphatic rings. The first-order valence-corrected chi connectivity index (χ1v) is 6.34. The highest BCUT2D eigenvalue weighted by atomic mass is 16.3. The molecule has 1 heterocycles. The number of aromatic nitrogens is 1. The minimum absolute atomic E-state index is 0.0326. The van der Waals surface area contributed by atoms with E-state index >= 15 is 0 Å². The van der Waals surface area contributed by atoms with Gasteiger partial charge in [0, 0.05) is 37.0 Å².